The second-order valence-electron chi connectivity index (χ2n) is 6.71. The summed E-state index contributed by atoms with van der Waals surface area (Å²) in [7, 11) is 3.46. The minimum Gasteiger partial charge on any atom is -0.481 e. The molecular weight excluding hydrogens is 378 g/mol. The molecule has 28 heavy (non-hydrogen) atoms. The number of carbonyl (C=O) groups is 2. The molecule has 1 atom stereocenters. The van der Waals surface area contributed by atoms with Crippen molar-refractivity contribution in [3.63, 3.8) is 0 Å². The Kier molecular flexibility index (Phi) is 5.90. The van der Waals surface area contributed by atoms with Crippen molar-refractivity contribution in [2.24, 2.45) is 0 Å². The summed E-state index contributed by atoms with van der Waals surface area (Å²) in [6.45, 7) is 1.95. The van der Waals surface area contributed by atoms with Crippen LogP contribution in [0.5, 0.6) is 5.75 Å². The van der Waals surface area contributed by atoms with Crippen LogP contribution in [-0.2, 0) is 16.1 Å². The Hall–Kier alpha value is -2.99. The van der Waals surface area contributed by atoms with E-state index in [4.69, 9.17) is 16.3 Å². The Morgan fingerprint density at radius 3 is 2.68 bits per heavy atom. The highest BCUT2D eigenvalue weighted by molar-refractivity contribution is 6.30. The van der Waals surface area contributed by atoms with Gasteiger partial charge in [-0.3, -0.25) is 9.59 Å². The van der Waals surface area contributed by atoms with Gasteiger partial charge in [-0.1, -0.05) is 17.7 Å². The van der Waals surface area contributed by atoms with E-state index in [1.807, 2.05) is 35.0 Å². The lowest BCUT2D eigenvalue weighted by Crippen LogP contribution is -2.30. The second kappa shape index (κ2) is 8.35. The number of anilines is 1. The predicted octanol–water partition coefficient (Wildman–Crippen LogP) is 3.79. The average Bonchev–Trinajstić information content (AvgIpc) is 3.03. The topological polar surface area (TPSA) is 63.6 Å². The molecule has 2 aromatic carbocycles. The number of likely N-dealkylation sites (N-methyl/N-ethyl adjacent to an activating group) is 1. The van der Waals surface area contributed by atoms with Crippen LogP contribution >= 0.6 is 11.6 Å². The van der Waals surface area contributed by atoms with Gasteiger partial charge in [-0.25, -0.2) is 0 Å². The number of hydrogen-bond donors (Lipinski definition) is 1. The maximum Gasteiger partial charge on any atom is 0.265 e. The van der Waals surface area contributed by atoms with E-state index in [-0.39, 0.29) is 18.4 Å². The molecule has 1 N–H and O–H groups in total. The monoisotopic (exact) mass is 399 g/mol. The highest BCUT2D eigenvalue weighted by atomic mass is 35.5. The summed E-state index contributed by atoms with van der Waals surface area (Å²) in [5.74, 6) is 0.289. The molecule has 6 nitrogen and oxygen atoms in total. The predicted molar refractivity (Wildman–Crippen MR) is 111 cm³/mol. The normalized spacial score (nSPS) is 11.9. The molecule has 0 aliphatic carbocycles. The van der Waals surface area contributed by atoms with Crippen molar-refractivity contribution >= 4 is 40.0 Å². The number of nitrogens with zero attached hydrogens (tertiary/aromatic N) is 2. The van der Waals surface area contributed by atoms with Crippen LogP contribution in [0.25, 0.3) is 10.9 Å². The summed E-state index contributed by atoms with van der Waals surface area (Å²) in [4.78, 5) is 25.9. The van der Waals surface area contributed by atoms with Crippen molar-refractivity contribution in [1.29, 1.82) is 0 Å². The average molecular weight is 400 g/mol. The Balaban J connectivity index is 1.68. The lowest BCUT2D eigenvalue weighted by Gasteiger charge is -2.15. The second-order valence-corrected chi connectivity index (χ2v) is 7.15. The van der Waals surface area contributed by atoms with E-state index in [2.05, 4.69) is 5.32 Å². The van der Waals surface area contributed by atoms with Gasteiger partial charge in [0.1, 0.15) is 12.3 Å². The lowest BCUT2D eigenvalue weighted by molar-refractivity contribution is -0.129. The molecule has 3 rings (SSSR count). The van der Waals surface area contributed by atoms with Crippen LogP contribution in [0.1, 0.15) is 6.92 Å². The van der Waals surface area contributed by atoms with Gasteiger partial charge in [0, 0.05) is 41.9 Å². The number of aromatic nitrogens is 1. The fraction of sp³-hybridized carbons (Fsp3) is 0.238. The zero-order valence-corrected chi connectivity index (χ0v) is 16.7. The standard InChI is InChI=1S/C21H22ClN3O3/c1-14(28-18-6-4-5-16(22)12-18)21(27)23-17-7-8-19-15(11-17)9-10-25(19)13-20(26)24(2)3/h4-12,14H,13H2,1-3H3,(H,23,27)/t14-/m0/s1. The molecule has 3 aromatic rings. The molecule has 0 aliphatic heterocycles. The lowest BCUT2D eigenvalue weighted by atomic mass is 10.2. The van der Waals surface area contributed by atoms with Gasteiger partial charge in [0.25, 0.3) is 5.91 Å². The SMILES string of the molecule is C[C@H](Oc1cccc(Cl)c1)C(=O)Nc1ccc2c(ccn2CC(=O)N(C)C)c1. The van der Waals surface area contributed by atoms with E-state index in [1.54, 1.807) is 50.2 Å². The molecule has 0 unspecified atom stereocenters. The summed E-state index contributed by atoms with van der Waals surface area (Å²) in [5.41, 5.74) is 1.59. The first-order valence-corrected chi connectivity index (χ1v) is 9.23. The first kappa shape index (κ1) is 19.8. The molecule has 0 saturated heterocycles. The maximum absolute atomic E-state index is 12.4. The maximum atomic E-state index is 12.4. The summed E-state index contributed by atoms with van der Waals surface area (Å²) in [6, 6.07) is 14.4. The largest absolute Gasteiger partial charge is 0.481 e. The van der Waals surface area contributed by atoms with Crippen LogP contribution in [-0.4, -0.2) is 41.5 Å². The minimum absolute atomic E-state index is 0.0156. The molecule has 0 saturated carbocycles. The summed E-state index contributed by atoms with van der Waals surface area (Å²) < 4.78 is 7.53. The molecule has 7 heteroatoms. The molecule has 2 amide bonds. The third-order valence-corrected chi connectivity index (χ3v) is 4.56. The number of halogens is 1. The van der Waals surface area contributed by atoms with Crippen molar-refractivity contribution < 1.29 is 14.3 Å². The van der Waals surface area contributed by atoms with E-state index < -0.39 is 6.10 Å². The van der Waals surface area contributed by atoms with Gasteiger partial charge < -0.3 is 19.5 Å². The molecule has 0 aliphatic rings. The number of rotatable bonds is 6. The van der Waals surface area contributed by atoms with Crippen molar-refractivity contribution in [2.75, 3.05) is 19.4 Å². The van der Waals surface area contributed by atoms with Crippen LogP contribution in [0, 0.1) is 0 Å². The van der Waals surface area contributed by atoms with E-state index in [9.17, 15) is 9.59 Å². The molecule has 146 valence electrons. The van der Waals surface area contributed by atoms with Gasteiger partial charge in [0.15, 0.2) is 6.10 Å². The van der Waals surface area contributed by atoms with Crippen molar-refractivity contribution in [2.45, 2.75) is 19.6 Å². The van der Waals surface area contributed by atoms with Gasteiger partial charge in [0.05, 0.1) is 0 Å². The number of benzene rings is 2. The molecule has 0 spiro atoms. The fourth-order valence-corrected chi connectivity index (χ4v) is 2.93. The van der Waals surface area contributed by atoms with Gasteiger partial charge in [-0.2, -0.15) is 0 Å². The number of carbonyl (C=O) groups excluding carboxylic acids is 2. The van der Waals surface area contributed by atoms with E-state index in [0.717, 1.165) is 10.9 Å². The summed E-state index contributed by atoms with van der Waals surface area (Å²) in [5, 5.41) is 4.34. The Morgan fingerprint density at radius 1 is 1.18 bits per heavy atom. The molecule has 0 radical (unpaired) electrons. The zero-order chi connectivity index (χ0) is 20.3. The van der Waals surface area contributed by atoms with E-state index in [0.29, 0.717) is 16.5 Å². The first-order valence-electron chi connectivity index (χ1n) is 8.85. The smallest absolute Gasteiger partial charge is 0.265 e. The highest BCUT2D eigenvalue weighted by Crippen LogP contribution is 2.22. The number of ether oxygens (including phenoxy) is 1. The fourth-order valence-electron chi connectivity index (χ4n) is 2.74. The van der Waals surface area contributed by atoms with Crippen LogP contribution in [0.15, 0.2) is 54.7 Å². The van der Waals surface area contributed by atoms with Crippen molar-refractivity contribution in [1.82, 2.24) is 9.47 Å². The summed E-state index contributed by atoms with van der Waals surface area (Å²) in [6.07, 6.45) is 1.18. The third-order valence-electron chi connectivity index (χ3n) is 4.32. The third kappa shape index (κ3) is 4.64. The van der Waals surface area contributed by atoms with Crippen LogP contribution in [0.2, 0.25) is 5.02 Å². The van der Waals surface area contributed by atoms with Gasteiger partial charge in [-0.05, 0) is 49.4 Å². The van der Waals surface area contributed by atoms with Crippen molar-refractivity contribution in [3.8, 4) is 5.75 Å². The molecule has 1 aromatic heterocycles. The van der Waals surface area contributed by atoms with Crippen LogP contribution in [0.3, 0.4) is 0 Å². The number of hydrogen-bond acceptors (Lipinski definition) is 3. The van der Waals surface area contributed by atoms with Gasteiger partial charge >= 0.3 is 0 Å². The summed E-state index contributed by atoms with van der Waals surface area (Å²) >= 11 is 5.94. The number of nitrogens with one attached hydrogen (secondary N) is 1. The molecular formula is C21H22ClN3O3. The minimum atomic E-state index is -0.684. The van der Waals surface area contributed by atoms with Gasteiger partial charge in [-0.15, -0.1) is 0 Å². The Bertz CT molecular complexity index is 1010. The van der Waals surface area contributed by atoms with E-state index in [1.165, 1.54) is 0 Å². The molecule has 1 heterocycles. The number of fused-ring (bicyclic) bond motifs is 1. The molecule has 0 fully saturated rings. The highest BCUT2D eigenvalue weighted by Gasteiger charge is 2.16. The van der Waals surface area contributed by atoms with Crippen LogP contribution < -0.4 is 10.1 Å². The van der Waals surface area contributed by atoms with Gasteiger partial charge in [0.2, 0.25) is 5.91 Å². The zero-order valence-electron chi connectivity index (χ0n) is 16.0. The van der Waals surface area contributed by atoms with Crippen molar-refractivity contribution in [3.05, 3.63) is 59.8 Å². The Labute approximate surface area is 168 Å². The molecule has 0 bridgehead atoms. The Morgan fingerprint density at radius 2 is 1.96 bits per heavy atom. The van der Waals surface area contributed by atoms with E-state index >= 15 is 0 Å². The first-order chi connectivity index (χ1) is 13.3. The van der Waals surface area contributed by atoms with Crippen LogP contribution in [0.4, 0.5) is 5.69 Å². The number of amides is 2. The quantitative estimate of drug-likeness (QED) is 0.685.